The maximum absolute atomic E-state index is 5.71. The summed E-state index contributed by atoms with van der Waals surface area (Å²) in [6, 6.07) is 0. The Bertz CT molecular complexity index is 218. The SMILES string of the molecule is CCOC1(OCC)C#CCCCCCC1. The molecule has 0 saturated carbocycles. The molecule has 0 spiro atoms. The molecule has 2 heteroatoms. The van der Waals surface area contributed by atoms with Gasteiger partial charge in [-0.3, -0.25) is 0 Å². The van der Waals surface area contributed by atoms with Crippen molar-refractivity contribution in [1.29, 1.82) is 0 Å². The lowest BCUT2D eigenvalue weighted by Gasteiger charge is -2.27. The van der Waals surface area contributed by atoms with Crippen LogP contribution in [0.2, 0.25) is 0 Å². The first kappa shape index (κ1) is 12.5. The molecule has 0 atom stereocenters. The van der Waals surface area contributed by atoms with E-state index in [1.54, 1.807) is 0 Å². The maximum atomic E-state index is 5.71. The van der Waals surface area contributed by atoms with Gasteiger partial charge in [0.2, 0.25) is 5.79 Å². The lowest BCUT2D eigenvalue weighted by atomic mass is 10.1. The van der Waals surface area contributed by atoms with Crippen LogP contribution in [0.5, 0.6) is 0 Å². The zero-order valence-electron chi connectivity index (χ0n) is 9.97. The molecule has 1 rings (SSSR count). The number of hydrogen-bond donors (Lipinski definition) is 0. The standard InChI is InChI=1S/C13H22O2/c1-3-14-13(15-4-2)11-9-7-5-6-8-10-12-13/h3-9,11H2,1-2H3. The Morgan fingerprint density at radius 1 is 1.00 bits per heavy atom. The van der Waals surface area contributed by atoms with Crippen LogP contribution in [-0.4, -0.2) is 19.0 Å². The van der Waals surface area contributed by atoms with Gasteiger partial charge in [0.25, 0.3) is 0 Å². The summed E-state index contributed by atoms with van der Waals surface area (Å²) >= 11 is 0. The summed E-state index contributed by atoms with van der Waals surface area (Å²) in [5.41, 5.74) is 0. The third-order valence-electron chi connectivity index (χ3n) is 2.59. The first-order valence-electron chi connectivity index (χ1n) is 6.11. The van der Waals surface area contributed by atoms with E-state index in [1.807, 2.05) is 13.8 Å². The third kappa shape index (κ3) is 4.24. The summed E-state index contributed by atoms with van der Waals surface area (Å²) < 4.78 is 11.4. The lowest BCUT2D eigenvalue weighted by molar-refractivity contribution is -0.196. The average Bonchev–Trinajstić information content (AvgIpc) is 2.32. The van der Waals surface area contributed by atoms with Crippen LogP contribution in [0.15, 0.2) is 0 Å². The van der Waals surface area contributed by atoms with E-state index in [9.17, 15) is 0 Å². The molecule has 0 unspecified atom stereocenters. The Hall–Kier alpha value is -0.520. The third-order valence-corrected chi connectivity index (χ3v) is 2.59. The molecule has 0 N–H and O–H groups in total. The average molecular weight is 210 g/mol. The van der Waals surface area contributed by atoms with Crippen molar-refractivity contribution in [2.45, 2.75) is 58.2 Å². The topological polar surface area (TPSA) is 18.5 Å². The normalized spacial score (nSPS) is 20.7. The number of hydrogen-bond acceptors (Lipinski definition) is 2. The maximum Gasteiger partial charge on any atom is 0.233 e. The smallest absolute Gasteiger partial charge is 0.233 e. The van der Waals surface area contributed by atoms with Gasteiger partial charge in [-0.15, -0.1) is 0 Å². The monoisotopic (exact) mass is 210 g/mol. The fourth-order valence-electron chi connectivity index (χ4n) is 1.91. The van der Waals surface area contributed by atoms with Crippen molar-refractivity contribution in [3.05, 3.63) is 0 Å². The Kier molecular flexibility index (Phi) is 5.75. The minimum Gasteiger partial charge on any atom is -0.340 e. The highest BCUT2D eigenvalue weighted by Crippen LogP contribution is 2.23. The van der Waals surface area contributed by atoms with E-state index in [0.29, 0.717) is 13.2 Å². The van der Waals surface area contributed by atoms with Crippen LogP contribution >= 0.6 is 0 Å². The highest BCUT2D eigenvalue weighted by atomic mass is 16.7. The van der Waals surface area contributed by atoms with Crippen molar-refractivity contribution >= 4 is 0 Å². The minimum atomic E-state index is -0.617. The van der Waals surface area contributed by atoms with Crippen molar-refractivity contribution < 1.29 is 9.47 Å². The van der Waals surface area contributed by atoms with Gasteiger partial charge in [0.1, 0.15) is 0 Å². The zero-order chi connectivity index (χ0) is 11.0. The predicted molar refractivity (Wildman–Crippen MR) is 61.5 cm³/mol. The Balaban J connectivity index is 2.69. The van der Waals surface area contributed by atoms with Crippen molar-refractivity contribution in [3.63, 3.8) is 0 Å². The molecular weight excluding hydrogens is 188 g/mol. The number of rotatable bonds is 4. The van der Waals surface area contributed by atoms with E-state index >= 15 is 0 Å². The summed E-state index contributed by atoms with van der Waals surface area (Å²) in [7, 11) is 0. The van der Waals surface area contributed by atoms with Gasteiger partial charge in [-0.2, -0.15) is 0 Å². The van der Waals surface area contributed by atoms with Crippen molar-refractivity contribution in [1.82, 2.24) is 0 Å². The molecule has 86 valence electrons. The first-order chi connectivity index (χ1) is 7.33. The van der Waals surface area contributed by atoms with Crippen LogP contribution in [0, 0.1) is 11.8 Å². The second-order valence-electron chi connectivity index (χ2n) is 3.83. The molecule has 1 aliphatic rings. The molecule has 0 radical (unpaired) electrons. The minimum absolute atomic E-state index is 0.617. The van der Waals surface area contributed by atoms with Crippen molar-refractivity contribution in [3.8, 4) is 11.8 Å². The largest absolute Gasteiger partial charge is 0.340 e. The van der Waals surface area contributed by atoms with Crippen LogP contribution in [0.25, 0.3) is 0 Å². The highest BCUT2D eigenvalue weighted by molar-refractivity contribution is 5.11. The van der Waals surface area contributed by atoms with E-state index in [4.69, 9.17) is 9.47 Å². The van der Waals surface area contributed by atoms with Crippen LogP contribution in [0.3, 0.4) is 0 Å². The van der Waals surface area contributed by atoms with Gasteiger partial charge >= 0.3 is 0 Å². The van der Waals surface area contributed by atoms with Gasteiger partial charge < -0.3 is 9.47 Å². The van der Waals surface area contributed by atoms with Gasteiger partial charge in [0, 0.05) is 26.1 Å². The van der Waals surface area contributed by atoms with Crippen molar-refractivity contribution in [2.75, 3.05) is 13.2 Å². The summed E-state index contributed by atoms with van der Waals surface area (Å²) in [4.78, 5) is 0. The Morgan fingerprint density at radius 2 is 1.67 bits per heavy atom. The van der Waals surface area contributed by atoms with Crippen LogP contribution < -0.4 is 0 Å². The molecular formula is C13H22O2. The Labute approximate surface area is 93.3 Å². The summed E-state index contributed by atoms with van der Waals surface area (Å²) in [6.45, 7) is 5.31. The molecule has 1 aliphatic carbocycles. The summed E-state index contributed by atoms with van der Waals surface area (Å²) in [5, 5.41) is 0. The molecule has 2 nitrogen and oxygen atoms in total. The second-order valence-corrected chi connectivity index (χ2v) is 3.83. The zero-order valence-corrected chi connectivity index (χ0v) is 9.97. The molecule has 0 heterocycles. The molecule has 0 aromatic heterocycles. The predicted octanol–water partition coefficient (Wildman–Crippen LogP) is 3.11. The molecule has 0 fully saturated rings. The van der Waals surface area contributed by atoms with E-state index in [0.717, 1.165) is 19.3 Å². The van der Waals surface area contributed by atoms with Gasteiger partial charge in [0.15, 0.2) is 0 Å². The van der Waals surface area contributed by atoms with E-state index < -0.39 is 5.79 Å². The molecule has 0 bridgehead atoms. The first-order valence-corrected chi connectivity index (χ1v) is 6.11. The highest BCUT2D eigenvalue weighted by Gasteiger charge is 2.28. The molecule has 0 aliphatic heterocycles. The van der Waals surface area contributed by atoms with Crippen LogP contribution in [-0.2, 0) is 9.47 Å². The molecule has 0 saturated heterocycles. The Morgan fingerprint density at radius 3 is 2.33 bits per heavy atom. The lowest BCUT2D eigenvalue weighted by Crippen LogP contribution is -2.34. The molecule has 0 aromatic rings. The molecule has 0 amide bonds. The van der Waals surface area contributed by atoms with E-state index in [1.165, 1.54) is 19.3 Å². The van der Waals surface area contributed by atoms with Gasteiger partial charge in [-0.1, -0.05) is 18.8 Å². The summed E-state index contributed by atoms with van der Waals surface area (Å²) in [5.74, 6) is 5.75. The fourth-order valence-corrected chi connectivity index (χ4v) is 1.91. The molecule has 15 heavy (non-hydrogen) atoms. The van der Waals surface area contributed by atoms with Gasteiger partial charge in [-0.05, 0) is 32.6 Å². The second kappa shape index (κ2) is 6.87. The van der Waals surface area contributed by atoms with Crippen LogP contribution in [0.1, 0.15) is 52.4 Å². The van der Waals surface area contributed by atoms with Crippen molar-refractivity contribution in [2.24, 2.45) is 0 Å². The fraction of sp³-hybridized carbons (Fsp3) is 0.846. The van der Waals surface area contributed by atoms with E-state index in [2.05, 4.69) is 11.8 Å². The summed E-state index contributed by atoms with van der Waals surface area (Å²) in [6.07, 6.45) is 6.77. The molecule has 0 aromatic carbocycles. The van der Waals surface area contributed by atoms with Gasteiger partial charge in [-0.25, -0.2) is 0 Å². The quantitative estimate of drug-likeness (QED) is 0.524. The number of ether oxygens (including phenoxy) is 2. The van der Waals surface area contributed by atoms with E-state index in [-0.39, 0.29) is 0 Å². The van der Waals surface area contributed by atoms with Crippen LogP contribution in [0.4, 0.5) is 0 Å². The van der Waals surface area contributed by atoms with Gasteiger partial charge in [0.05, 0.1) is 0 Å².